The maximum atomic E-state index is 5.21. The standard InChI is InChI=1S/C20H25N5OS2.HI/c1-5-21-20(25(3)11-17-13-27-14(2)23-17)22-10-16-12-28-19(24-16)15-6-8-18(26-4)9-7-15;/h6-9,12-13H,5,10-11H2,1-4H3,(H,21,22);1H. The Kier molecular flexibility index (Phi) is 9.31. The third-order valence-electron chi connectivity index (χ3n) is 4.04. The first-order valence-corrected chi connectivity index (χ1v) is 10.8. The lowest BCUT2D eigenvalue weighted by Gasteiger charge is -2.21. The first kappa shape index (κ1) is 23.6. The minimum Gasteiger partial charge on any atom is -0.497 e. The molecule has 0 bridgehead atoms. The van der Waals surface area contributed by atoms with Crippen molar-refractivity contribution < 1.29 is 4.74 Å². The van der Waals surface area contributed by atoms with E-state index >= 15 is 0 Å². The van der Waals surface area contributed by atoms with Crippen LogP contribution in [0.1, 0.15) is 23.3 Å². The number of benzene rings is 1. The number of nitrogens with one attached hydrogen (secondary N) is 1. The fourth-order valence-corrected chi connectivity index (χ4v) is 4.09. The van der Waals surface area contributed by atoms with Crippen LogP contribution in [0.3, 0.4) is 0 Å². The Morgan fingerprint density at radius 3 is 2.48 bits per heavy atom. The van der Waals surface area contributed by atoms with Crippen molar-refractivity contribution in [1.82, 2.24) is 20.2 Å². The molecule has 2 heterocycles. The van der Waals surface area contributed by atoms with E-state index < -0.39 is 0 Å². The van der Waals surface area contributed by atoms with Gasteiger partial charge in [-0.05, 0) is 38.1 Å². The lowest BCUT2D eigenvalue weighted by Crippen LogP contribution is -2.38. The van der Waals surface area contributed by atoms with Gasteiger partial charge in [0.25, 0.3) is 0 Å². The molecule has 0 saturated carbocycles. The van der Waals surface area contributed by atoms with Gasteiger partial charge in [0.05, 0.1) is 36.6 Å². The quantitative estimate of drug-likeness (QED) is 0.264. The van der Waals surface area contributed by atoms with Gasteiger partial charge in [0.1, 0.15) is 10.8 Å². The SMILES string of the molecule is CCNC(=NCc1csc(-c2ccc(OC)cc2)n1)N(C)Cc1csc(C)n1.I. The molecule has 0 aliphatic rings. The number of guanidine groups is 1. The van der Waals surface area contributed by atoms with Crippen LogP contribution in [-0.2, 0) is 13.1 Å². The number of hydrogen-bond acceptors (Lipinski definition) is 6. The summed E-state index contributed by atoms with van der Waals surface area (Å²) in [6, 6.07) is 7.96. The average molecular weight is 544 g/mol. The van der Waals surface area contributed by atoms with E-state index in [-0.39, 0.29) is 24.0 Å². The fourth-order valence-electron chi connectivity index (χ4n) is 2.67. The van der Waals surface area contributed by atoms with Crippen molar-refractivity contribution in [2.45, 2.75) is 26.9 Å². The first-order valence-electron chi connectivity index (χ1n) is 9.08. The average Bonchev–Trinajstić information content (AvgIpc) is 3.34. The fraction of sp³-hybridized carbons (Fsp3) is 0.350. The maximum Gasteiger partial charge on any atom is 0.194 e. The van der Waals surface area contributed by atoms with Gasteiger partial charge < -0.3 is 15.0 Å². The number of hydrogen-bond donors (Lipinski definition) is 1. The predicted octanol–water partition coefficient (Wildman–Crippen LogP) is 4.80. The normalized spacial score (nSPS) is 11.1. The molecule has 0 fully saturated rings. The van der Waals surface area contributed by atoms with E-state index in [1.807, 2.05) is 38.2 Å². The van der Waals surface area contributed by atoms with Crippen LogP contribution in [0.15, 0.2) is 40.0 Å². The Morgan fingerprint density at radius 2 is 1.86 bits per heavy atom. The van der Waals surface area contributed by atoms with E-state index in [4.69, 9.17) is 14.7 Å². The van der Waals surface area contributed by atoms with Crippen LogP contribution in [-0.4, -0.2) is 41.5 Å². The number of rotatable bonds is 7. The van der Waals surface area contributed by atoms with E-state index in [0.717, 1.165) is 51.8 Å². The number of aliphatic imine (C=N–C) groups is 1. The molecule has 0 spiro atoms. The van der Waals surface area contributed by atoms with E-state index in [1.165, 1.54) is 0 Å². The summed E-state index contributed by atoms with van der Waals surface area (Å²) in [5.41, 5.74) is 3.11. The molecule has 3 rings (SSSR count). The van der Waals surface area contributed by atoms with E-state index in [2.05, 4.69) is 32.9 Å². The second-order valence-electron chi connectivity index (χ2n) is 6.26. The monoisotopic (exact) mass is 543 g/mol. The van der Waals surface area contributed by atoms with Gasteiger partial charge in [-0.15, -0.1) is 46.7 Å². The number of methoxy groups -OCH3 is 1. The summed E-state index contributed by atoms with van der Waals surface area (Å²) in [6.07, 6.45) is 0. The zero-order valence-corrected chi connectivity index (χ0v) is 21.0. The summed E-state index contributed by atoms with van der Waals surface area (Å²) in [6.45, 7) is 6.17. The topological polar surface area (TPSA) is 62.6 Å². The molecule has 29 heavy (non-hydrogen) atoms. The van der Waals surface area contributed by atoms with Crippen molar-refractivity contribution in [1.29, 1.82) is 0 Å². The molecule has 6 nitrogen and oxygen atoms in total. The van der Waals surface area contributed by atoms with Gasteiger partial charge in [0, 0.05) is 29.9 Å². The van der Waals surface area contributed by atoms with Crippen molar-refractivity contribution in [2.75, 3.05) is 20.7 Å². The number of aryl methyl sites for hydroxylation is 1. The third kappa shape index (κ3) is 6.65. The molecule has 2 aromatic heterocycles. The molecule has 0 saturated heterocycles. The number of ether oxygens (including phenoxy) is 1. The van der Waals surface area contributed by atoms with Gasteiger partial charge >= 0.3 is 0 Å². The number of halogens is 1. The maximum absolute atomic E-state index is 5.21. The molecule has 156 valence electrons. The zero-order valence-electron chi connectivity index (χ0n) is 17.0. The minimum absolute atomic E-state index is 0. The Labute approximate surface area is 197 Å². The van der Waals surface area contributed by atoms with E-state index in [9.17, 15) is 0 Å². The highest BCUT2D eigenvalue weighted by Crippen LogP contribution is 2.26. The van der Waals surface area contributed by atoms with Gasteiger partial charge in [0.15, 0.2) is 5.96 Å². The highest BCUT2D eigenvalue weighted by molar-refractivity contribution is 14.0. The zero-order chi connectivity index (χ0) is 19.9. The molecule has 0 radical (unpaired) electrons. The Bertz CT molecular complexity index is 923. The van der Waals surface area contributed by atoms with Crippen molar-refractivity contribution in [2.24, 2.45) is 4.99 Å². The van der Waals surface area contributed by atoms with Crippen molar-refractivity contribution in [3.8, 4) is 16.3 Å². The van der Waals surface area contributed by atoms with Gasteiger partial charge in [-0.1, -0.05) is 0 Å². The highest BCUT2D eigenvalue weighted by atomic mass is 127. The Balaban J connectivity index is 0.00000300. The van der Waals surface area contributed by atoms with Gasteiger partial charge in [0.2, 0.25) is 0 Å². The van der Waals surface area contributed by atoms with Crippen LogP contribution in [0.25, 0.3) is 10.6 Å². The third-order valence-corrected chi connectivity index (χ3v) is 5.80. The van der Waals surface area contributed by atoms with Crippen LogP contribution in [0.5, 0.6) is 5.75 Å². The molecular weight excluding hydrogens is 517 g/mol. The van der Waals surface area contributed by atoms with Crippen molar-refractivity contribution >= 4 is 52.6 Å². The second-order valence-corrected chi connectivity index (χ2v) is 8.18. The first-order chi connectivity index (χ1) is 13.6. The lowest BCUT2D eigenvalue weighted by atomic mass is 10.2. The largest absolute Gasteiger partial charge is 0.497 e. The van der Waals surface area contributed by atoms with Gasteiger partial charge in [-0.25, -0.2) is 15.0 Å². The van der Waals surface area contributed by atoms with Crippen LogP contribution < -0.4 is 10.1 Å². The number of thiazole rings is 2. The summed E-state index contributed by atoms with van der Waals surface area (Å²) in [4.78, 5) is 16.1. The summed E-state index contributed by atoms with van der Waals surface area (Å²) < 4.78 is 5.21. The predicted molar refractivity (Wildman–Crippen MR) is 133 cm³/mol. The Morgan fingerprint density at radius 1 is 1.14 bits per heavy atom. The molecule has 1 aromatic carbocycles. The van der Waals surface area contributed by atoms with Gasteiger partial charge in [-0.3, -0.25) is 0 Å². The molecule has 0 aliphatic heterocycles. The van der Waals surface area contributed by atoms with Crippen LogP contribution >= 0.6 is 46.7 Å². The molecule has 3 aromatic rings. The Hall–Kier alpha value is -1.72. The van der Waals surface area contributed by atoms with Crippen molar-refractivity contribution in [3.05, 3.63) is 51.4 Å². The molecule has 0 amide bonds. The number of nitrogens with zero attached hydrogens (tertiary/aromatic N) is 4. The molecule has 9 heteroatoms. The molecule has 0 aliphatic carbocycles. The summed E-state index contributed by atoms with van der Waals surface area (Å²) >= 11 is 3.30. The smallest absolute Gasteiger partial charge is 0.194 e. The molecular formula is C20H26IN5OS2. The summed E-state index contributed by atoms with van der Waals surface area (Å²) in [7, 11) is 3.70. The number of aromatic nitrogens is 2. The molecule has 0 unspecified atom stereocenters. The van der Waals surface area contributed by atoms with Crippen molar-refractivity contribution in [3.63, 3.8) is 0 Å². The summed E-state index contributed by atoms with van der Waals surface area (Å²) in [5, 5.41) is 9.58. The van der Waals surface area contributed by atoms with Crippen LogP contribution in [0, 0.1) is 6.92 Å². The summed E-state index contributed by atoms with van der Waals surface area (Å²) in [5.74, 6) is 1.70. The molecule has 1 N–H and O–H groups in total. The van der Waals surface area contributed by atoms with Crippen LogP contribution in [0.4, 0.5) is 0 Å². The minimum atomic E-state index is 0. The highest BCUT2D eigenvalue weighted by Gasteiger charge is 2.10. The second kappa shape index (κ2) is 11.5. The lowest BCUT2D eigenvalue weighted by molar-refractivity contribution is 0.415. The van der Waals surface area contributed by atoms with Gasteiger partial charge in [-0.2, -0.15) is 0 Å². The molecule has 0 atom stereocenters. The van der Waals surface area contributed by atoms with Crippen LogP contribution in [0.2, 0.25) is 0 Å². The van der Waals surface area contributed by atoms with E-state index in [1.54, 1.807) is 29.8 Å². The van der Waals surface area contributed by atoms with E-state index in [0.29, 0.717) is 6.54 Å².